The second-order valence-corrected chi connectivity index (χ2v) is 3.12. The number of rotatable bonds is 1. The summed E-state index contributed by atoms with van der Waals surface area (Å²) >= 11 is 0. The zero-order chi connectivity index (χ0) is 10.8. The van der Waals surface area contributed by atoms with Crippen LogP contribution in [0.3, 0.4) is 0 Å². The highest BCUT2D eigenvalue weighted by atomic mass is 16.5. The Bertz CT molecular complexity index is 471. The largest absolute Gasteiger partial charge is 0.462 e. The average Bonchev–Trinajstić information content (AvgIpc) is 2.55. The van der Waals surface area contributed by atoms with E-state index in [0.29, 0.717) is 5.56 Å². The van der Waals surface area contributed by atoms with Crippen LogP contribution in [0.25, 0.3) is 0 Å². The van der Waals surface area contributed by atoms with Gasteiger partial charge in [-0.25, -0.2) is 0 Å². The van der Waals surface area contributed by atoms with Gasteiger partial charge in [-0.05, 0) is 0 Å². The third kappa shape index (κ3) is 1.44. The molecule has 0 amide bonds. The lowest BCUT2D eigenvalue weighted by atomic mass is 10.0. The molecule has 1 aromatic rings. The van der Waals surface area contributed by atoms with Gasteiger partial charge in [0.25, 0.3) is 0 Å². The maximum Gasteiger partial charge on any atom is 0.223 e. The molecule has 4 nitrogen and oxygen atoms in total. The van der Waals surface area contributed by atoms with Crippen molar-refractivity contribution in [2.45, 2.75) is 6.10 Å². The molecular weight excluding hydrogens is 192 g/mol. The predicted molar refractivity (Wildman–Crippen MR) is 52.1 cm³/mol. The molecule has 0 radical (unpaired) electrons. The van der Waals surface area contributed by atoms with Gasteiger partial charge in [-0.1, -0.05) is 30.3 Å². The second-order valence-electron chi connectivity index (χ2n) is 3.12. The minimum Gasteiger partial charge on any atom is -0.462 e. The highest BCUT2D eigenvalue weighted by Gasteiger charge is 2.35. The van der Waals surface area contributed by atoms with E-state index in [1.54, 1.807) is 30.3 Å². The molecule has 74 valence electrons. The van der Waals surface area contributed by atoms with Crippen LogP contribution in [0, 0.1) is 11.3 Å². The first-order chi connectivity index (χ1) is 7.24. The Hall–Kier alpha value is -2.28. The first-order valence-electron chi connectivity index (χ1n) is 4.39. The smallest absolute Gasteiger partial charge is 0.223 e. The summed E-state index contributed by atoms with van der Waals surface area (Å²) in [5, 5.41) is 8.68. The van der Waals surface area contributed by atoms with Crippen LogP contribution in [0.2, 0.25) is 0 Å². The molecule has 2 rings (SSSR count). The number of nitrogens with two attached hydrogens (primary N) is 1. The Morgan fingerprint density at radius 2 is 2.00 bits per heavy atom. The normalized spacial score (nSPS) is 19.9. The van der Waals surface area contributed by atoms with Crippen LogP contribution in [0.1, 0.15) is 11.7 Å². The van der Waals surface area contributed by atoms with E-state index in [-0.39, 0.29) is 17.2 Å². The van der Waals surface area contributed by atoms with Gasteiger partial charge in [-0.2, -0.15) is 5.26 Å². The Balaban J connectivity index is 2.33. The zero-order valence-electron chi connectivity index (χ0n) is 7.81. The molecule has 1 heterocycles. The SMILES string of the molecule is N#CC1=C(N)O[C@@H](c2ccccc2)C1=O. The summed E-state index contributed by atoms with van der Waals surface area (Å²) < 4.78 is 5.15. The van der Waals surface area contributed by atoms with Crippen LogP contribution in [-0.4, -0.2) is 5.78 Å². The molecule has 0 spiro atoms. The summed E-state index contributed by atoms with van der Waals surface area (Å²) in [5.74, 6) is -0.461. The molecule has 0 aromatic heterocycles. The Morgan fingerprint density at radius 3 is 2.53 bits per heavy atom. The first kappa shape index (κ1) is 9.28. The van der Waals surface area contributed by atoms with E-state index in [2.05, 4.69) is 0 Å². The molecule has 0 bridgehead atoms. The van der Waals surface area contributed by atoms with Crippen LogP contribution in [0.5, 0.6) is 0 Å². The van der Waals surface area contributed by atoms with E-state index in [1.165, 1.54) is 0 Å². The number of hydrogen-bond donors (Lipinski definition) is 1. The van der Waals surface area contributed by atoms with Crippen LogP contribution >= 0.6 is 0 Å². The predicted octanol–water partition coefficient (Wildman–Crippen LogP) is 1.02. The average molecular weight is 200 g/mol. The number of nitrogens with zero attached hydrogens (tertiary/aromatic N) is 1. The molecule has 0 fully saturated rings. The van der Waals surface area contributed by atoms with E-state index in [1.807, 2.05) is 6.07 Å². The van der Waals surface area contributed by atoms with Gasteiger partial charge >= 0.3 is 0 Å². The van der Waals surface area contributed by atoms with E-state index in [4.69, 9.17) is 15.7 Å². The van der Waals surface area contributed by atoms with Crippen LogP contribution in [0.15, 0.2) is 41.8 Å². The molecule has 0 saturated heterocycles. The Kier molecular flexibility index (Phi) is 2.14. The maximum absolute atomic E-state index is 11.7. The van der Waals surface area contributed by atoms with Crippen LogP contribution in [-0.2, 0) is 9.53 Å². The molecule has 0 saturated carbocycles. The lowest BCUT2D eigenvalue weighted by Crippen LogP contribution is -2.09. The van der Waals surface area contributed by atoms with Crippen molar-refractivity contribution in [3.05, 3.63) is 47.4 Å². The van der Waals surface area contributed by atoms with Crippen molar-refractivity contribution in [1.82, 2.24) is 0 Å². The van der Waals surface area contributed by atoms with Gasteiger partial charge in [0.05, 0.1) is 0 Å². The van der Waals surface area contributed by atoms with Crippen molar-refractivity contribution in [2.24, 2.45) is 5.73 Å². The van der Waals surface area contributed by atoms with Gasteiger partial charge in [-0.15, -0.1) is 0 Å². The topological polar surface area (TPSA) is 76.1 Å². The quantitative estimate of drug-likeness (QED) is 0.734. The van der Waals surface area contributed by atoms with Crippen molar-refractivity contribution >= 4 is 5.78 Å². The fourth-order valence-corrected chi connectivity index (χ4v) is 1.45. The minimum absolute atomic E-state index is 0.0867. The number of ketones is 1. The van der Waals surface area contributed by atoms with Gasteiger partial charge < -0.3 is 10.5 Å². The summed E-state index contributed by atoms with van der Waals surface area (Å²) in [5.41, 5.74) is 6.03. The molecule has 1 aromatic carbocycles. The van der Waals surface area contributed by atoms with E-state index >= 15 is 0 Å². The van der Waals surface area contributed by atoms with Crippen molar-refractivity contribution in [1.29, 1.82) is 5.26 Å². The number of ether oxygens (including phenoxy) is 1. The van der Waals surface area contributed by atoms with Crippen molar-refractivity contribution < 1.29 is 9.53 Å². The first-order valence-corrected chi connectivity index (χ1v) is 4.39. The second kappa shape index (κ2) is 3.46. The van der Waals surface area contributed by atoms with E-state index in [0.717, 1.165) is 0 Å². The van der Waals surface area contributed by atoms with Crippen molar-refractivity contribution in [3.8, 4) is 6.07 Å². The summed E-state index contributed by atoms with van der Waals surface area (Å²) in [4.78, 5) is 11.7. The number of carbonyl (C=O) groups is 1. The number of hydrogen-bond acceptors (Lipinski definition) is 4. The number of Topliss-reactive ketones (excluding diaryl/α,β-unsaturated/α-hetero) is 1. The monoisotopic (exact) mass is 200 g/mol. The van der Waals surface area contributed by atoms with Gasteiger partial charge in [-0.3, -0.25) is 4.79 Å². The summed E-state index contributed by atoms with van der Waals surface area (Å²) in [7, 11) is 0. The summed E-state index contributed by atoms with van der Waals surface area (Å²) in [6, 6.07) is 10.7. The molecule has 1 atom stereocenters. The Labute approximate surface area is 86.6 Å². The Morgan fingerprint density at radius 1 is 1.33 bits per heavy atom. The highest BCUT2D eigenvalue weighted by molar-refractivity contribution is 6.04. The molecular formula is C11H8N2O2. The number of carbonyl (C=O) groups excluding carboxylic acids is 1. The lowest BCUT2D eigenvalue weighted by Gasteiger charge is -2.09. The van der Waals surface area contributed by atoms with Crippen molar-refractivity contribution in [3.63, 3.8) is 0 Å². The molecule has 1 aliphatic heterocycles. The van der Waals surface area contributed by atoms with Gasteiger partial charge in [0, 0.05) is 5.56 Å². The minimum atomic E-state index is -0.763. The molecule has 4 heteroatoms. The summed E-state index contributed by atoms with van der Waals surface area (Å²) in [6.07, 6.45) is -0.763. The molecule has 0 aliphatic carbocycles. The van der Waals surface area contributed by atoms with Gasteiger partial charge in [0.2, 0.25) is 11.7 Å². The number of benzene rings is 1. The third-order valence-corrected chi connectivity index (χ3v) is 2.19. The lowest BCUT2D eigenvalue weighted by molar-refractivity contribution is -0.121. The molecule has 2 N–H and O–H groups in total. The summed E-state index contributed by atoms with van der Waals surface area (Å²) in [6.45, 7) is 0. The van der Waals surface area contributed by atoms with Crippen molar-refractivity contribution in [2.75, 3.05) is 0 Å². The molecule has 15 heavy (non-hydrogen) atoms. The zero-order valence-corrected chi connectivity index (χ0v) is 7.81. The van der Waals surface area contributed by atoms with Gasteiger partial charge in [0.15, 0.2) is 11.7 Å². The van der Waals surface area contributed by atoms with E-state index < -0.39 is 6.10 Å². The number of nitriles is 1. The highest BCUT2D eigenvalue weighted by Crippen LogP contribution is 2.30. The van der Waals surface area contributed by atoms with Crippen LogP contribution in [0.4, 0.5) is 0 Å². The molecule has 1 aliphatic rings. The maximum atomic E-state index is 11.7. The fraction of sp³-hybridized carbons (Fsp3) is 0.0909. The van der Waals surface area contributed by atoms with Gasteiger partial charge in [0.1, 0.15) is 6.07 Å². The van der Waals surface area contributed by atoms with Crippen LogP contribution < -0.4 is 5.73 Å². The van der Waals surface area contributed by atoms with E-state index in [9.17, 15) is 4.79 Å². The third-order valence-electron chi connectivity index (χ3n) is 2.19. The molecule has 0 unspecified atom stereocenters. The fourth-order valence-electron chi connectivity index (χ4n) is 1.45. The standard InChI is InChI=1S/C11H8N2O2/c12-6-8-9(14)10(15-11(8)13)7-4-2-1-3-5-7/h1-5,10H,13H2/t10-/m0/s1.